The van der Waals surface area contributed by atoms with E-state index in [1.807, 2.05) is 0 Å². The van der Waals surface area contributed by atoms with E-state index in [0.29, 0.717) is 5.69 Å². The number of hydrogen-bond acceptors (Lipinski definition) is 3. The quantitative estimate of drug-likeness (QED) is 0.879. The fourth-order valence-electron chi connectivity index (χ4n) is 1.67. The number of nitrogens with one attached hydrogen (secondary N) is 1. The van der Waals surface area contributed by atoms with Crippen molar-refractivity contribution >= 4 is 21.4 Å². The lowest BCUT2D eigenvalue weighted by Gasteiger charge is -2.07. The van der Waals surface area contributed by atoms with Crippen LogP contribution in [-0.2, 0) is 14.6 Å². The highest BCUT2D eigenvalue weighted by Gasteiger charge is 2.17. The normalized spacial score (nSPS) is 10.8. The molecular weight excluding hydrogens is 274 g/mol. The lowest BCUT2D eigenvalue weighted by molar-refractivity contribution is -0.111. The SMILES string of the molecule is C=CC(=O)Nc1cccc(S(=O)(=O)c2ccccc2)c1. The molecule has 0 fully saturated rings. The molecule has 0 aromatic heterocycles. The van der Waals surface area contributed by atoms with Gasteiger partial charge in [-0.05, 0) is 36.4 Å². The largest absolute Gasteiger partial charge is 0.322 e. The Hall–Kier alpha value is -2.40. The van der Waals surface area contributed by atoms with Crippen molar-refractivity contribution in [3.05, 3.63) is 67.3 Å². The van der Waals surface area contributed by atoms with E-state index < -0.39 is 9.84 Å². The minimum absolute atomic E-state index is 0.130. The van der Waals surface area contributed by atoms with Crippen molar-refractivity contribution < 1.29 is 13.2 Å². The van der Waals surface area contributed by atoms with E-state index >= 15 is 0 Å². The maximum Gasteiger partial charge on any atom is 0.247 e. The molecule has 20 heavy (non-hydrogen) atoms. The molecule has 4 nitrogen and oxygen atoms in total. The predicted molar refractivity (Wildman–Crippen MR) is 77.2 cm³/mol. The van der Waals surface area contributed by atoms with Crippen LogP contribution in [0, 0.1) is 0 Å². The van der Waals surface area contributed by atoms with Crippen molar-refractivity contribution in [3.8, 4) is 0 Å². The van der Waals surface area contributed by atoms with Crippen LogP contribution in [-0.4, -0.2) is 14.3 Å². The monoisotopic (exact) mass is 287 g/mol. The minimum atomic E-state index is -3.58. The van der Waals surface area contributed by atoms with Crippen LogP contribution < -0.4 is 5.32 Å². The van der Waals surface area contributed by atoms with Gasteiger partial charge >= 0.3 is 0 Å². The van der Waals surface area contributed by atoms with Gasteiger partial charge < -0.3 is 5.32 Å². The molecule has 1 amide bonds. The Morgan fingerprint density at radius 2 is 1.65 bits per heavy atom. The highest BCUT2D eigenvalue weighted by atomic mass is 32.2. The van der Waals surface area contributed by atoms with Crippen LogP contribution in [0.15, 0.2) is 77.0 Å². The van der Waals surface area contributed by atoms with Gasteiger partial charge in [0.25, 0.3) is 0 Å². The summed E-state index contributed by atoms with van der Waals surface area (Å²) in [5.41, 5.74) is 0.409. The van der Waals surface area contributed by atoms with E-state index in [9.17, 15) is 13.2 Å². The lowest BCUT2D eigenvalue weighted by atomic mass is 10.3. The molecule has 2 rings (SSSR count). The van der Waals surface area contributed by atoms with E-state index in [-0.39, 0.29) is 15.7 Å². The summed E-state index contributed by atoms with van der Waals surface area (Å²) in [5, 5.41) is 2.53. The molecule has 0 spiro atoms. The Balaban J connectivity index is 2.41. The first-order chi connectivity index (χ1) is 9.54. The smallest absolute Gasteiger partial charge is 0.247 e. The Bertz CT molecular complexity index is 737. The number of amides is 1. The number of benzene rings is 2. The van der Waals surface area contributed by atoms with Crippen LogP contribution in [0.25, 0.3) is 0 Å². The van der Waals surface area contributed by atoms with Crippen LogP contribution in [0.5, 0.6) is 0 Å². The first kappa shape index (κ1) is 14.0. The maximum atomic E-state index is 12.4. The predicted octanol–water partition coefficient (Wildman–Crippen LogP) is 2.64. The third kappa shape index (κ3) is 2.95. The second-order valence-corrected chi connectivity index (χ2v) is 5.99. The van der Waals surface area contributed by atoms with E-state index in [0.717, 1.165) is 6.08 Å². The van der Waals surface area contributed by atoms with Crippen LogP contribution in [0.2, 0.25) is 0 Å². The zero-order chi connectivity index (χ0) is 14.6. The first-order valence-electron chi connectivity index (χ1n) is 5.87. The summed E-state index contributed by atoms with van der Waals surface area (Å²) in [6.07, 6.45) is 1.12. The van der Waals surface area contributed by atoms with Gasteiger partial charge in [-0.1, -0.05) is 30.8 Å². The fraction of sp³-hybridized carbons (Fsp3) is 0. The third-order valence-corrected chi connectivity index (χ3v) is 4.42. The standard InChI is InChI=1S/C15H13NO3S/c1-2-15(17)16-12-7-6-10-14(11-12)20(18,19)13-8-4-3-5-9-13/h2-11H,1H2,(H,16,17). The molecule has 0 heterocycles. The maximum absolute atomic E-state index is 12.4. The summed E-state index contributed by atoms with van der Waals surface area (Å²) in [7, 11) is -3.58. The van der Waals surface area contributed by atoms with Gasteiger partial charge in [0.2, 0.25) is 15.7 Å². The number of hydrogen-bond donors (Lipinski definition) is 1. The van der Waals surface area contributed by atoms with Gasteiger partial charge in [-0.2, -0.15) is 0 Å². The molecule has 5 heteroatoms. The van der Waals surface area contributed by atoms with Crippen LogP contribution in [0.1, 0.15) is 0 Å². The molecule has 0 radical (unpaired) electrons. The van der Waals surface area contributed by atoms with Crippen molar-refractivity contribution in [2.75, 3.05) is 5.32 Å². The summed E-state index contributed by atoms with van der Waals surface area (Å²) < 4.78 is 24.8. The molecule has 0 aliphatic carbocycles. The Morgan fingerprint density at radius 3 is 2.30 bits per heavy atom. The summed E-state index contributed by atoms with van der Waals surface area (Å²) in [6.45, 7) is 3.35. The molecule has 0 unspecified atom stereocenters. The minimum Gasteiger partial charge on any atom is -0.322 e. The average Bonchev–Trinajstić information content (AvgIpc) is 2.48. The van der Waals surface area contributed by atoms with Crippen molar-refractivity contribution in [2.24, 2.45) is 0 Å². The summed E-state index contributed by atoms with van der Waals surface area (Å²) >= 11 is 0. The molecule has 0 aliphatic rings. The summed E-state index contributed by atoms with van der Waals surface area (Å²) in [5.74, 6) is -0.390. The van der Waals surface area contributed by atoms with Gasteiger partial charge in [-0.15, -0.1) is 0 Å². The van der Waals surface area contributed by atoms with E-state index in [2.05, 4.69) is 11.9 Å². The first-order valence-corrected chi connectivity index (χ1v) is 7.36. The van der Waals surface area contributed by atoms with Gasteiger partial charge in [-0.3, -0.25) is 4.79 Å². The molecule has 1 N–H and O–H groups in total. The van der Waals surface area contributed by atoms with Crippen LogP contribution >= 0.6 is 0 Å². The third-order valence-electron chi connectivity index (χ3n) is 2.65. The zero-order valence-corrected chi connectivity index (χ0v) is 11.4. The van der Waals surface area contributed by atoms with Crippen LogP contribution in [0.4, 0.5) is 5.69 Å². The summed E-state index contributed by atoms with van der Waals surface area (Å²) in [4.78, 5) is 11.6. The fourth-order valence-corrected chi connectivity index (χ4v) is 3.00. The molecule has 0 saturated heterocycles. The van der Waals surface area contributed by atoms with Gasteiger partial charge in [0.1, 0.15) is 0 Å². The highest BCUT2D eigenvalue weighted by molar-refractivity contribution is 7.91. The van der Waals surface area contributed by atoms with Gasteiger partial charge in [-0.25, -0.2) is 8.42 Å². The van der Waals surface area contributed by atoms with Crippen LogP contribution in [0.3, 0.4) is 0 Å². The second-order valence-electron chi connectivity index (χ2n) is 4.04. The Morgan fingerprint density at radius 1 is 1.00 bits per heavy atom. The van der Waals surface area contributed by atoms with Gasteiger partial charge in [0.05, 0.1) is 9.79 Å². The topological polar surface area (TPSA) is 63.2 Å². The number of anilines is 1. The number of carbonyl (C=O) groups excluding carboxylic acids is 1. The molecule has 0 aliphatic heterocycles. The van der Waals surface area contributed by atoms with Crippen molar-refractivity contribution in [2.45, 2.75) is 9.79 Å². The molecule has 102 valence electrons. The Kier molecular flexibility index (Phi) is 4.00. The highest BCUT2D eigenvalue weighted by Crippen LogP contribution is 2.23. The van der Waals surface area contributed by atoms with E-state index in [1.165, 1.54) is 24.3 Å². The Labute approximate surface area is 117 Å². The number of sulfone groups is 1. The molecule has 2 aromatic carbocycles. The van der Waals surface area contributed by atoms with E-state index in [1.54, 1.807) is 30.3 Å². The second kappa shape index (κ2) is 5.71. The lowest BCUT2D eigenvalue weighted by Crippen LogP contribution is -2.08. The zero-order valence-electron chi connectivity index (χ0n) is 10.6. The average molecular weight is 287 g/mol. The van der Waals surface area contributed by atoms with E-state index in [4.69, 9.17) is 0 Å². The van der Waals surface area contributed by atoms with Gasteiger partial charge in [0, 0.05) is 5.69 Å². The van der Waals surface area contributed by atoms with Crippen molar-refractivity contribution in [1.82, 2.24) is 0 Å². The summed E-state index contributed by atoms with van der Waals surface area (Å²) in [6, 6.07) is 14.2. The van der Waals surface area contributed by atoms with Crippen molar-refractivity contribution in [1.29, 1.82) is 0 Å². The molecule has 0 bridgehead atoms. The molecule has 2 aromatic rings. The van der Waals surface area contributed by atoms with Crippen molar-refractivity contribution in [3.63, 3.8) is 0 Å². The molecule has 0 saturated carbocycles. The molecular formula is C15H13NO3S. The molecule has 0 atom stereocenters. The number of carbonyl (C=O) groups is 1. The van der Waals surface area contributed by atoms with Gasteiger partial charge in [0.15, 0.2) is 0 Å². The number of rotatable bonds is 4.